The average Bonchev–Trinajstić information content (AvgIpc) is 2.92. The van der Waals surface area contributed by atoms with E-state index in [4.69, 9.17) is 18.0 Å². The van der Waals surface area contributed by atoms with Gasteiger partial charge in [-0.15, -0.1) is 11.3 Å². The molecule has 3 N–H and O–H groups in total. The first-order valence-corrected chi connectivity index (χ1v) is 8.88. The summed E-state index contributed by atoms with van der Waals surface area (Å²) in [7, 11) is 0. The fraction of sp³-hybridized carbons (Fsp3) is 0.625. The number of carbonyl (C=O) groups is 1. The molecule has 0 saturated carbocycles. The third-order valence-electron chi connectivity index (χ3n) is 3.75. The zero-order valence-electron chi connectivity index (χ0n) is 13.2. The smallest absolute Gasteiger partial charge is 0.233 e. The van der Waals surface area contributed by atoms with Gasteiger partial charge in [0.25, 0.3) is 0 Å². The Hall–Kier alpha value is -0.940. The standard InChI is InChI=1S/C16H26N2OS2/c1-4-9-16(10-5-2,14(17)20)15(19)18-11-13-8-7-12(6-3)21-13/h7-8H,4-6,9-11H2,1-3H3,(H2,17,20)(H,18,19). The second-order valence-electron chi connectivity index (χ2n) is 5.35. The molecule has 0 fully saturated rings. The van der Waals surface area contributed by atoms with Gasteiger partial charge in [-0.2, -0.15) is 0 Å². The van der Waals surface area contributed by atoms with Crippen LogP contribution >= 0.6 is 23.6 Å². The van der Waals surface area contributed by atoms with Crippen molar-refractivity contribution in [1.29, 1.82) is 0 Å². The van der Waals surface area contributed by atoms with Crippen LogP contribution in [0.3, 0.4) is 0 Å². The van der Waals surface area contributed by atoms with Crippen molar-refractivity contribution in [2.45, 2.75) is 59.4 Å². The van der Waals surface area contributed by atoms with Crippen LogP contribution in [0.4, 0.5) is 0 Å². The summed E-state index contributed by atoms with van der Waals surface area (Å²) in [5.74, 6) is -0.0230. The van der Waals surface area contributed by atoms with Crippen molar-refractivity contribution >= 4 is 34.5 Å². The van der Waals surface area contributed by atoms with Crippen molar-refractivity contribution in [2.24, 2.45) is 11.1 Å². The minimum atomic E-state index is -0.691. The molecule has 0 aromatic carbocycles. The molecule has 0 unspecified atom stereocenters. The Morgan fingerprint density at radius 2 is 1.81 bits per heavy atom. The number of nitrogens with two attached hydrogens (primary N) is 1. The summed E-state index contributed by atoms with van der Waals surface area (Å²) in [6.07, 6.45) is 4.24. The molecule has 5 heteroatoms. The molecule has 1 rings (SSSR count). The molecule has 0 aliphatic heterocycles. The molecule has 1 amide bonds. The lowest BCUT2D eigenvalue weighted by Gasteiger charge is -2.31. The molecule has 0 aliphatic carbocycles. The van der Waals surface area contributed by atoms with Gasteiger partial charge in [-0.25, -0.2) is 0 Å². The van der Waals surface area contributed by atoms with Crippen LogP contribution in [0.25, 0.3) is 0 Å². The summed E-state index contributed by atoms with van der Waals surface area (Å²) in [5.41, 5.74) is 5.22. The molecule has 1 aromatic rings. The maximum Gasteiger partial charge on any atom is 0.233 e. The van der Waals surface area contributed by atoms with Crippen LogP contribution in [0.15, 0.2) is 12.1 Å². The SMILES string of the molecule is CCCC(CCC)(C(=O)NCc1ccc(CC)s1)C(N)=S. The van der Waals surface area contributed by atoms with E-state index in [1.165, 1.54) is 9.75 Å². The van der Waals surface area contributed by atoms with E-state index in [0.29, 0.717) is 24.4 Å². The van der Waals surface area contributed by atoms with Crippen molar-refractivity contribution in [2.75, 3.05) is 0 Å². The van der Waals surface area contributed by atoms with Crippen molar-refractivity contribution in [1.82, 2.24) is 5.32 Å². The van der Waals surface area contributed by atoms with E-state index in [2.05, 4.69) is 38.2 Å². The van der Waals surface area contributed by atoms with E-state index >= 15 is 0 Å². The number of amides is 1. The molecule has 3 nitrogen and oxygen atoms in total. The van der Waals surface area contributed by atoms with Crippen molar-refractivity contribution in [3.63, 3.8) is 0 Å². The first-order chi connectivity index (χ1) is 10.00. The summed E-state index contributed by atoms with van der Waals surface area (Å²) in [5, 5.41) is 3.03. The van der Waals surface area contributed by atoms with E-state index in [1.807, 2.05) is 0 Å². The molecule has 0 radical (unpaired) electrons. The van der Waals surface area contributed by atoms with Gasteiger partial charge in [-0.1, -0.05) is 45.8 Å². The van der Waals surface area contributed by atoms with Gasteiger partial charge in [-0.05, 0) is 31.4 Å². The van der Waals surface area contributed by atoms with Gasteiger partial charge in [-0.3, -0.25) is 4.79 Å². The zero-order valence-corrected chi connectivity index (χ0v) is 14.8. The number of nitrogens with one attached hydrogen (secondary N) is 1. The Morgan fingerprint density at radius 3 is 2.24 bits per heavy atom. The van der Waals surface area contributed by atoms with Crippen LogP contribution < -0.4 is 11.1 Å². The lowest BCUT2D eigenvalue weighted by atomic mass is 9.78. The number of carbonyl (C=O) groups excluding carboxylic acids is 1. The molecule has 1 heterocycles. The van der Waals surface area contributed by atoms with Gasteiger partial charge in [0.05, 0.1) is 16.9 Å². The molecule has 0 bridgehead atoms. The molecule has 0 aliphatic rings. The van der Waals surface area contributed by atoms with Crippen LogP contribution in [0.2, 0.25) is 0 Å². The van der Waals surface area contributed by atoms with Crippen LogP contribution in [-0.2, 0) is 17.8 Å². The summed E-state index contributed by atoms with van der Waals surface area (Å²) in [6, 6.07) is 4.19. The number of rotatable bonds is 9. The highest BCUT2D eigenvalue weighted by atomic mass is 32.1. The minimum absolute atomic E-state index is 0.0230. The predicted octanol–water partition coefficient (Wildman–Crippen LogP) is 3.80. The monoisotopic (exact) mass is 326 g/mol. The van der Waals surface area contributed by atoms with E-state index in [9.17, 15) is 4.79 Å². The van der Waals surface area contributed by atoms with Crippen LogP contribution in [0.1, 0.15) is 56.2 Å². The summed E-state index contributed by atoms with van der Waals surface area (Å²) in [4.78, 5) is 15.5. The van der Waals surface area contributed by atoms with E-state index in [1.54, 1.807) is 11.3 Å². The van der Waals surface area contributed by atoms with E-state index < -0.39 is 5.41 Å². The maximum atomic E-state index is 12.7. The average molecular weight is 327 g/mol. The predicted molar refractivity (Wildman–Crippen MR) is 94.6 cm³/mol. The number of hydrogen-bond donors (Lipinski definition) is 2. The van der Waals surface area contributed by atoms with Crippen LogP contribution in [0.5, 0.6) is 0 Å². The number of aryl methyl sites for hydroxylation is 1. The number of thiophene rings is 1. The van der Waals surface area contributed by atoms with Crippen molar-refractivity contribution < 1.29 is 4.79 Å². The first kappa shape index (κ1) is 18.1. The van der Waals surface area contributed by atoms with Gasteiger partial charge in [0.1, 0.15) is 0 Å². The van der Waals surface area contributed by atoms with Crippen LogP contribution in [0, 0.1) is 5.41 Å². The Labute approximate surface area is 137 Å². The molecule has 0 atom stereocenters. The Kier molecular flexibility index (Phi) is 7.32. The largest absolute Gasteiger partial charge is 0.392 e. The lowest BCUT2D eigenvalue weighted by Crippen LogP contribution is -2.48. The molecule has 1 aromatic heterocycles. The molecule has 0 spiro atoms. The van der Waals surface area contributed by atoms with Gasteiger partial charge >= 0.3 is 0 Å². The van der Waals surface area contributed by atoms with E-state index in [0.717, 1.165) is 19.3 Å². The topological polar surface area (TPSA) is 55.1 Å². The lowest BCUT2D eigenvalue weighted by molar-refractivity contribution is -0.128. The van der Waals surface area contributed by atoms with E-state index in [-0.39, 0.29) is 5.91 Å². The Morgan fingerprint density at radius 1 is 1.24 bits per heavy atom. The highest BCUT2D eigenvalue weighted by Gasteiger charge is 2.39. The molecule has 21 heavy (non-hydrogen) atoms. The first-order valence-electron chi connectivity index (χ1n) is 7.65. The normalized spacial score (nSPS) is 11.4. The summed E-state index contributed by atoms with van der Waals surface area (Å²) >= 11 is 6.95. The number of hydrogen-bond acceptors (Lipinski definition) is 3. The van der Waals surface area contributed by atoms with Crippen LogP contribution in [-0.4, -0.2) is 10.9 Å². The zero-order chi connectivity index (χ0) is 15.9. The molecule has 0 saturated heterocycles. The van der Waals surface area contributed by atoms with Gasteiger partial charge < -0.3 is 11.1 Å². The fourth-order valence-electron chi connectivity index (χ4n) is 2.61. The highest BCUT2D eigenvalue weighted by Crippen LogP contribution is 2.31. The minimum Gasteiger partial charge on any atom is -0.392 e. The van der Waals surface area contributed by atoms with Gasteiger partial charge in [0.2, 0.25) is 5.91 Å². The molecular weight excluding hydrogens is 300 g/mol. The quantitative estimate of drug-likeness (QED) is 0.679. The van der Waals surface area contributed by atoms with Crippen molar-refractivity contribution in [3.05, 3.63) is 21.9 Å². The third kappa shape index (κ3) is 4.51. The highest BCUT2D eigenvalue weighted by molar-refractivity contribution is 7.80. The molecule has 118 valence electrons. The fourth-order valence-corrected chi connectivity index (χ4v) is 3.80. The second-order valence-corrected chi connectivity index (χ2v) is 7.04. The Balaban J connectivity index is 2.78. The van der Waals surface area contributed by atoms with Gasteiger partial charge in [0, 0.05) is 9.75 Å². The third-order valence-corrected chi connectivity index (χ3v) is 5.37. The number of thiocarbonyl (C=S) groups is 1. The summed E-state index contributed by atoms with van der Waals surface area (Å²) in [6.45, 7) is 6.81. The molecular formula is C16H26N2OS2. The Bertz CT molecular complexity index is 476. The summed E-state index contributed by atoms with van der Waals surface area (Å²) < 4.78 is 0. The van der Waals surface area contributed by atoms with Gasteiger partial charge in [0.15, 0.2) is 0 Å². The maximum absolute atomic E-state index is 12.7. The van der Waals surface area contributed by atoms with Crippen molar-refractivity contribution in [3.8, 4) is 0 Å². The second kappa shape index (κ2) is 8.49.